The van der Waals surface area contributed by atoms with E-state index in [1.54, 1.807) is 17.0 Å². The minimum atomic E-state index is -0.604. The molecule has 0 radical (unpaired) electrons. The Balaban J connectivity index is 0.993. The fourth-order valence-corrected chi connectivity index (χ4v) is 6.27. The van der Waals surface area contributed by atoms with E-state index in [9.17, 15) is 18.4 Å². The molecule has 3 aliphatic rings. The molecule has 1 aromatic heterocycles. The number of piperazine rings is 1. The maximum Gasteiger partial charge on any atom is 0.251 e. The molecule has 1 aliphatic carbocycles. The van der Waals surface area contributed by atoms with E-state index in [-0.39, 0.29) is 17.6 Å². The van der Waals surface area contributed by atoms with Gasteiger partial charge in [0.05, 0.1) is 12.4 Å². The molecule has 3 aromatic rings. The van der Waals surface area contributed by atoms with Crippen LogP contribution in [-0.4, -0.2) is 65.4 Å². The first-order valence-electron chi connectivity index (χ1n) is 15.9. The van der Waals surface area contributed by atoms with E-state index < -0.39 is 11.9 Å². The smallest absolute Gasteiger partial charge is 0.251 e. The highest BCUT2D eigenvalue weighted by atomic mass is 19.1. The Labute approximate surface area is 257 Å². The van der Waals surface area contributed by atoms with E-state index in [0.717, 1.165) is 56.6 Å². The van der Waals surface area contributed by atoms with E-state index >= 15 is 0 Å². The number of hydrogen-bond acceptors (Lipinski definition) is 6. The molecular weight excluding hydrogens is 562 g/mol. The predicted molar refractivity (Wildman–Crippen MR) is 164 cm³/mol. The summed E-state index contributed by atoms with van der Waals surface area (Å²) >= 11 is 0. The summed E-state index contributed by atoms with van der Waals surface area (Å²) in [6.07, 6.45) is 9.25. The molecule has 44 heavy (non-hydrogen) atoms. The second-order valence-electron chi connectivity index (χ2n) is 12.3. The highest BCUT2D eigenvalue weighted by Gasteiger charge is 2.37. The number of halogens is 2. The van der Waals surface area contributed by atoms with Crippen molar-refractivity contribution in [2.24, 2.45) is 5.92 Å². The third-order valence-corrected chi connectivity index (χ3v) is 9.11. The third kappa shape index (κ3) is 7.77. The summed E-state index contributed by atoms with van der Waals surface area (Å²) in [6, 6.07) is 14.2. The van der Waals surface area contributed by atoms with Crippen LogP contribution in [0.1, 0.15) is 78.4 Å². The quantitative estimate of drug-likeness (QED) is 0.211. The third-order valence-electron chi connectivity index (χ3n) is 9.11. The zero-order chi connectivity index (χ0) is 30.5. The van der Waals surface area contributed by atoms with Crippen LogP contribution in [0, 0.1) is 17.6 Å². The van der Waals surface area contributed by atoms with Gasteiger partial charge in [0.15, 0.2) is 5.82 Å². The van der Waals surface area contributed by atoms with Gasteiger partial charge in [-0.1, -0.05) is 49.9 Å². The molecule has 8 nitrogen and oxygen atoms in total. The summed E-state index contributed by atoms with van der Waals surface area (Å²) in [5.41, 5.74) is 2.94. The van der Waals surface area contributed by atoms with Crippen molar-refractivity contribution >= 4 is 17.8 Å². The van der Waals surface area contributed by atoms with E-state index in [2.05, 4.69) is 20.6 Å². The van der Waals surface area contributed by atoms with Gasteiger partial charge >= 0.3 is 0 Å². The van der Waals surface area contributed by atoms with Crippen molar-refractivity contribution < 1.29 is 18.4 Å². The minimum absolute atomic E-state index is 0.0723. The zero-order valence-electron chi connectivity index (χ0n) is 24.9. The van der Waals surface area contributed by atoms with Gasteiger partial charge in [0.1, 0.15) is 11.9 Å². The number of anilines is 1. The molecule has 0 spiro atoms. The number of nitrogens with zero attached hydrogens (tertiary/aromatic N) is 4. The normalized spacial score (nSPS) is 21.5. The van der Waals surface area contributed by atoms with Gasteiger partial charge in [-0.15, -0.1) is 0 Å². The number of nitrogens with one attached hydrogen (secondary N) is 2. The molecule has 0 bridgehead atoms. The molecule has 4 atom stereocenters. The van der Waals surface area contributed by atoms with Gasteiger partial charge in [-0.25, -0.2) is 18.7 Å². The van der Waals surface area contributed by atoms with E-state index in [4.69, 9.17) is 0 Å². The molecule has 6 rings (SSSR count). The zero-order valence-corrected chi connectivity index (χ0v) is 24.9. The standard InChI is InChI=1S/C34H40F2N6O2/c35-27-13-11-23(12-14-27)29-19-26(29)5-3-1-2-4-6-30(40-32(43)25-9-7-24(8-10-25)31-22-37-31)33(44)41-15-17-42(18-16-41)34-38-20-28(36)21-39-34/h7-14,20-21,26,29-31,37H,1-6,15-19,22H2,(H,40,43)/t26-,29+,30+,31?/m1/s1. The van der Waals surface area contributed by atoms with Crippen LogP contribution in [0.3, 0.4) is 0 Å². The van der Waals surface area contributed by atoms with Gasteiger partial charge in [-0.05, 0) is 66.5 Å². The Kier molecular flexibility index (Phi) is 9.45. The number of carbonyl (C=O) groups is 2. The molecule has 232 valence electrons. The van der Waals surface area contributed by atoms with Crippen molar-refractivity contribution in [1.82, 2.24) is 25.5 Å². The van der Waals surface area contributed by atoms with Crippen molar-refractivity contribution in [3.8, 4) is 0 Å². The molecule has 2 saturated heterocycles. The number of benzene rings is 2. The summed E-state index contributed by atoms with van der Waals surface area (Å²) in [7, 11) is 0. The first-order chi connectivity index (χ1) is 21.4. The molecule has 3 fully saturated rings. The van der Waals surface area contributed by atoms with Gasteiger partial charge < -0.3 is 20.4 Å². The summed E-state index contributed by atoms with van der Waals surface area (Å²) in [5.74, 6) is 0.692. The van der Waals surface area contributed by atoms with E-state index in [0.29, 0.717) is 62.0 Å². The molecule has 3 heterocycles. The lowest BCUT2D eigenvalue weighted by Gasteiger charge is -2.36. The number of hydrogen-bond donors (Lipinski definition) is 2. The highest BCUT2D eigenvalue weighted by Crippen LogP contribution is 2.50. The molecule has 2 amide bonds. The van der Waals surface area contributed by atoms with Crippen molar-refractivity contribution in [2.75, 3.05) is 37.6 Å². The maximum absolute atomic E-state index is 13.7. The average molecular weight is 603 g/mol. The van der Waals surface area contributed by atoms with E-state index in [1.165, 1.54) is 12.0 Å². The Morgan fingerprint density at radius 3 is 2.20 bits per heavy atom. The SMILES string of the molecule is O=C(N[C@@H](CCCCCC[C@@H]1C[C@H]1c1ccc(F)cc1)C(=O)N1CCN(c2ncc(F)cn2)CC1)c1ccc(C2CN2)cc1. The Hall–Kier alpha value is -3.92. The number of unbranched alkanes of at least 4 members (excludes halogenated alkanes) is 3. The summed E-state index contributed by atoms with van der Waals surface area (Å²) in [6.45, 7) is 2.99. The molecular formula is C34H40F2N6O2. The number of aromatic nitrogens is 2. The number of carbonyl (C=O) groups excluding carboxylic acids is 2. The molecule has 1 unspecified atom stereocenters. The van der Waals surface area contributed by atoms with Crippen LogP contribution in [0.15, 0.2) is 60.9 Å². The Morgan fingerprint density at radius 2 is 1.52 bits per heavy atom. The highest BCUT2D eigenvalue weighted by molar-refractivity contribution is 5.97. The summed E-state index contributed by atoms with van der Waals surface area (Å²) < 4.78 is 26.5. The van der Waals surface area contributed by atoms with Gasteiger partial charge in [0.2, 0.25) is 11.9 Å². The lowest BCUT2D eigenvalue weighted by molar-refractivity contribution is -0.133. The second kappa shape index (κ2) is 13.8. The van der Waals surface area contributed by atoms with Gasteiger partial charge in [-0.2, -0.15) is 0 Å². The Bertz CT molecular complexity index is 1410. The van der Waals surface area contributed by atoms with Crippen molar-refractivity contribution in [3.63, 3.8) is 0 Å². The number of rotatable bonds is 13. The Morgan fingerprint density at radius 1 is 0.864 bits per heavy atom. The largest absolute Gasteiger partial charge is 0.340 e. The maximum atomic E-state index is 13.7. The lowest BCUT2D eigenvalue weighted by atomic mass is 10.0. The minimum Gasteiger partial charge on any atom is -0.340 e. The van der Waals surface area contributed by atoms with Crippen LogP contribution in [0.2, 0.25) is 0 Å². The predicted octanol–water partition coefficient (Wildman–Crippen LogP) is 4.99. The lowest BCUT2D eigenvalue weighted by Crippen LogP contribution is -2.55. The monoisotopic (exact) mass is 602 g/mol. The van der Waals surface area contributed by atoms with Crippen molar-refractivity contribution in [3.05, 3.63) is 89.2 Å². The average Bonchev–Trinajstić information content (AvgIpc) is 3.99. The first-order valence-corrected chi connectivity index (χ1v) is 15.9. The first kappa shape index (κ1) is 30.1. The van der Waals surface area contributed by atoms with Gasteiger partial charge in [-0.3, -0.25) is 9.59 Å². The fourth-order valence-electron chi connectivity index (χ4n) is 6.27. The van der Waals surface area contributed by atoms with Crippen molar-refractivity contribution in [1.29, 1.82) is 0 Å². The van der Waals surface area contributed by atoms with Crippen LogP contribution >= 0.6 is 0 Å². The van der Waals surface area contributed by atoms with Crippen LogP contribution in [0.25, 0.3) is 0 Å². The van der Waals surface area contributed by atoms with Crippen LogP contribution in [0.4, 0.5) is 14.7 Å². The second-order valence-corrected chi connectivity index (χ2v) is 12.3. The van der Waals surface area contributed by atoms with Gasteiger partial charge in [0.25, 0.3) is 5.91 Å². The number of amides is 2. The van der Waals surface area contributed by atoms with Crippen LogP contribution in [0.5, 0.6) is 0 Å². The molecule has 10 heteroatoms. The molecule has 2 aromatic carbocycles. The molecule has 2 N–H and O–H groups in total. The topological polar surface area (TPSA) is 100 Å². The molecule has 2 aliphatic heterocycles. The van der Waals surface area contributed by atoms with Gasteiger partial charge in [0, 0.05) is 44.3 Å². The van der Waals surface area contributed by atoms with E-state index in [1.807, 2.05) is 41.3 Å². The molecule has 1 saturated carbocycles. The summed E-state index contributed by atoms with van der Waals surface area (Å²) in [4.78, 5) is 38.8. The van der Waals surface area contributed by atoms with Crippen molar-refractivity contribution in [2.45, 2.75) is 62.9 Å². The summed E-state index contributed by atoms with van der Waals surface area (Å²) in [5, 5.41) is 6.30. The van der Waals surface area contributed by atoms with Crippen LogP contribution < -0.4 is 15.5 Å². The van der Waals surface area contributed by atoms with Crippen LogP contribution in [-0.2, 0) is 4.79 Å². The fraction of sp³-hybridized carbons (Fsp3) is 0.471.